The standard InChI is InChI=1S/C22H23FN6O.C13H18FN3O.C9H11N3O.C2H6O.I2/c1-12-11-29-19(13(2)24-12)10-18(27-29)21-25-20-16(22(30)26-21)8-15(9-17(20)23)14-4-6-28(3)7-5-14;1-17-4-2-8(3-5-17)9-6-10(13(16)18)12(15)11(14)7-9;1-6-5-12-8(7(2)10-6)4-9(11-12)13-3;1-2-3;1-2/h8-11,14H,4-7H2,1-3H3,(H,25,26,30);6-8H,2-5,15H2,1H3,(H2,16,18);4-5H,1-3H3;3H,2H2,1H3;. The number of benzene rings is 2. The number of fused-ring (bicyclic) bond motifs is 3. The molecule has 2 aromatic carbocycles. The number of nitrogens with zero attached hydrogens (tertiary/aromatic N) is 9. The molecule has 5 aromatic heterocycles. The van der Waals surface area contributed by atoms with Gasteiger partial charge in [0.2, 0.25) is 5.88 Å². The highest BCUT2D eigenvalue weighted by Crippen LogP contribution is 2.32. The van der Waals surface area contributed by atoms with Crippen LogP contribution in [0.4, 0.5) is 14.5 Å². The molecule has 7 aromatic rings. The number of nitrogens with one attached hydrogen (secondary N) is 1. The number of methoxy groups -OCH3 is 1. The molecule has 6 N–H and O–H groups in total. The molecule has 2 aliphatic rings. The maximum Gasteiger partial charge on any atom is 0.259 e. The minimum absolute atomic E-state index is 0.0773. The summed E-state index contributed by atoms with van der Waals surface area (Å²) >= 11 is 4.24. The Labute approximate surface area is 405 Å². The number of amides is 1. The topological polar surface area (TPSA) is 211 Å². The second kappa shape index (κ2) is 23.7. The molecular weight excluding hydrogens is 1080 g/mol. The Hall–Kier alpha value is -4.91. The van der Waals surface area contributed by atoms with E-state index in [9.17, 15) is 14.0 Å². The second-order valence-corrected chi connectivity index (χ2v) is 16.4. The van der Waals surface area contributed by atoms with Gasteiger partial charge in [0.25, 0.3) is 11.5 Å². The number of aromatic amines is 1. The smallest absolute Gasteiger partial charge is 0.259 e. The van der Waals surface area contributed by atoms with Gasteiger partial charge < -0.3 is 36.1 Å². The van der Waals surface area contributed by atoms with Crippen molar-refractivity contribution >= 4 is 70.8 Å². The number of piperidine rings is 2. The van der Waals surface area contributed by atoms with Crippen LogP contribution in [0.25, 0.3) is 33.5 Å². The second-order valence-electron chi connectivity index (χ2n) is 16.4. The Bertz CT molecular complexity index is 2840. The van der Waals surface area contributed by atoms with Gasteiger partial charge in [-0.2, -0.15) is 5.10 Å². The quantitative estimate of drug-likeness (QED) is 0.0968. The zero-order valence-electron chi connectivity index (χ0n) is 38.5. The number of aliphatic hydroxyl groups is 1. The van der Waals surface area contributed by atoms with Crippen molar-refractivity contribution in [3.63, 3.8) is 0 Å². The van der Waals surface area contributed by atoms with E-state index < -0.39 is 17.5 Å². The number of primary amides is 1. The Morgan fingerprint density at radius 3 is 1.80 bits per heavy atom. The molecule has 2 fully saturated rings. The highest BCUT2D eigenvalue weighted by molar-refractivity contribution is 15.0. The van der Waals surface area contributed by atoms with Gasteiger partial charge in [0, 0.05) is 49.9 Å². The van der Waals surface area contributed by atoms with E-state index in [2.05, 4.69) is 91.3 Å². The minimum atomic E-state index is -0.679. The first-order valence-corrected chi connectivity index (χ1v) is 27.7. The molecule has 20 heteroatoms. The molecule has 16 nitrogen and oxygen atoms in total. The molecule has 0 spiro atoms. The lowest BCUT2D eigenvalue weighted by molar-refractivity contribution is 0.100. The molecule has 66 heavy (non-hydrogen) atoms. The van der Waals surface area contributed by atoms with Gasteiger partial charge in [-0.25, -0.2) is 22.8 Å². The largest absolute Gasteiger partial charge is 0.480 e. The third-order valence-electron chi connectivity index (χ3n) is 11.5. The van der Waals surface area contributed by atoms with Crippen molar-refractivity contribution in [3.8, 4) is 17.4 Å². The third kappa shape index (κ3) is 12.7. The molecule has 9 rings (SSSR count). The molecule has 0 atom stereocenters. The molecule has 1 amide bonds. The summed E-state index contributed by atoms with van der Waals surface area (Å²) < 4.78 is 37.2. The molecule has 0 saturated carbocycles. The van der Waals surface area contributed by atoms with Gasteiger partial charge in [-0.05, 0) is 154 Å². The van der Waals surface area contributed by atoms with Gasteiger partial charge in [0.15, 0.2) is 5.82 Å². The first-order valence-electron chi connectivity index (χ1n) is 21.5. The third-order valence-corrected chi connectivity index (χ3v) is 11.5. The Balaban J connectivity index is 0.000000193. The molecule has 7 heterocycles. The summed E-state index contributed by atoms with van der Waals surface area (Å²) in [6, 6.07) is 10.1. The molecule has 0 radical (unpaired) electrons. The van der Waals surface area contributed by atoms with Crippen LogP contribution in [-0.2, 0) is 0 Å². The summed E-state index contributed by atoms with van der Waals surface area (Å²) in [5.74, 6) is -0.298. The number of hydrogen-bond donors (Lipinski definition) is 4. The van der Waals surface area contributed by atoms with Crippen molar-refractivity contribution in [2.24, 2.45) is 5.73 Å². The van der Waals surface area contributed by atoms with Crippen molar-refractivity contribution in [2.45, 2.75) is 72.1 Å². The fraction of sp³-hybridized carbons (Fsp3) is 0.413. The van der Waals surface area contributed by atoms with E-state index in [4.69, 9.17) is 21.3 Å². The van der Waals surface area contributed by atoms with E-state index in [1.165, 1.54) is 12.1 Å². The summed E-state index contributed by atoms with van der Waals surface area (Å²) in [6.07, 6.45) is 7.51. The molecule has 0 aliphatic carbocycles. The number of nitrogen functional groups attached to an aromatic ring is 1. The number of aliphatic hydroxyl groups excluding tert-OH is 1. The van der Waals surface area contributed by atoms with Crippen molar-refractivity contribution in [2.75, 3.05) is 59.7 Å². The van der Waals surface area contributed by atoms with Crippen LogP contribution in [0.15, 0.2) is 53.6 Å². The highest BCUT2D eigenvalue weighted by atomic mass is 128. The lowest BCUT2D eigenvalue weighted by Crippen LogP contribution is -2.29. The first-order chi connectivity index (χ1) is 31.5. The molecule has 354 valence electrons. The van der Waals surface area contributed by atoms with Crippen molar-refractivity contribution < 1.29 is 23.4 Å². The van der Waals surface area contributed by atoms with E-state index in [1.807, 2.05) is 40.0 Å². The lowest BCUT2D eigenvalue weighted by Gasteiger charge is -2.29. The number of aryl methyl sites for hydroxylation is 4. The fourth-order valence-corrected chi connectivity index (χ4v) is 8.12. The average molecular weight is 1130 g/mol. The van der Waals surface area contributed by atoms with Crippen molar-refractivity contribution in [1.29, 1.82) is 0 Å². The van der Waals surface area contributed by atoms with Crippen LogP contribution >= 0.6 is 37.2 Å². The number of likely N-dealkylation sites (tertiary alicyclic amines) is 2. The van der Waals surface area contributed by atoms with Gasteiger partial charge in [-0.3, -0.25) is 19.6 Å². The highest BCUT2D eigenvalue weighted by Gasteiger charge is 2.23. The number of anilines is 1. The normalized spacial score (nSPS) is 14.6. The zero-order chi connectivity index (χ0) is 48.4. The van der Waals surface area contributed by atoms with Crippen molar-refractivity contribution in [3.05, 3.63) is 110 Å². The van der Waals surface area contributed by atoms with Crippen LogP contribution in [0.2, 0.25) is 0 Å². The number of ether oxygens (including phenoxy) is 1. The SMILES string of the molecule is CCO.CN1CCC(c2cc(F)c(N)c(C(N)=O)c2)CC1.COc1cc2c(C)nc(C)cn2n1.Cc1cn2nc(-c3nc4c(F)cc(C5CCN(C)CC5)cc4c(=O)[nH]3)cc2c(C)n1.II. The van der Waals surface area contributed by atoms with E-state index in [-0.39, 0.29) is 52.0 Å². The Morgan fingerprint density at radius 2 is 1.29 bits per heavy atom. The minimum Gasteiger partial charge on any atom is -0.480 e. The summed E-state index contributed by atoms with van der Waals surface area (Å²) in [5.41, 5.74) is 17.9. The molecular formula is C46H58F2I2N12O4. The number of aromatic nitrogens is 8. The number of carbonyl (C=O) groups excluding carboxylic acids is 1. The predicted molar refractivity (Wildman–Crippen MR) is 272 cm³/mol. The summed E-state index contributed by atoms with van der Waals surface area (Å²) in [6.45, 7) is 13.5. The van der Waals surface area contributed by atoms with Crippen LogP contribution < -0.4 is 21.8 Å². The van der Waals surface area contributed by atoms with Gasteiger partial charge in [-0.15, -0.1) is 5.10 Å². The number of hydrogen-bond acceptors (Lipinski definition) is 12. The Morgan fingerprint density at radius 1 is 0.803 bits per heavy atom. The maximum atomic E-state index is 15.0. The first kappa shape index (κ1) is 52.1. The monoisotopic (exact) mass is 1130 g/mol. The van der Waals surface area contributed by atoms with Crippen LogP contribution in [0, 0.1) is 39.3 Å². The van der Waals surface area contributed by atoms with Gasteiger partial charge in [0.1, 0.15) is 22.8 Å². The van der Waals surface area contributed by atoms with Crippen LogP contribution in [0.3, 0.4) is 0 Å². The van der Waals surface area contributed by atoms with E-state index in [0.29, 0.717) is 11.6 Å². The number of carbonyl (C=O) groups is 1. The predicted octanol–water partition coefficient (Wildman–Crippen LogP) is 7.64. The average Bonchev–Trinajstić information content (AvgIpc) is 3.92. The van der Waals surface area contributed by atoms with Gasteiger partial charge in [0.05, 0.1) is 69.9 Å². The summed E-state index contributed by atoms with van der Waals surface area (Å²) in [7, 11) is 5.76. The number of H-pyrrole nitrogens is 1. The van der Waals surface area contributed by atoms with Gasteiger partial charge >= 0.3 is 0 Å². The summed E-state index contributed by atoms with van der Waals surface area (Å²) in [5, 5.41) is 16.6. The van der Waals surface area contributed by atoms with Crippen LogP contribution in [0.5, 0.6) is 5.88 Å². The zero-order valence-corrected chi connectivity index (χ0v) is 42.8. The fourth-order valence-electron chi connectivity index (χ4n) is 8.12. The van der Waals surface area contributed by atoms with Crippen LogP contribution in [0.1, 0.15) is 88.7 Å². The maximum absolute atomic E-state index is 15.0. The van der Waals surface area contributed by atoms with E-state index in [1.54, 1.807) is 47.5 Å². The van der Waals surface area contributed by atoms with Crippen LogP contribution in [-0.4, -0.2) is 114 Å². The lowest BCUT2D eigenvalue weighted by atomic mass is 9.88. The number of nitrogens with two attached hydrogens (primary N) is 2. The molecule has 0 bridgehead atoms. The summed E-state index contributed by atoms with van der Waals surface area (Å²) in [4.78, 5) is 44.5. The molecule has 2 aliphatic heterocycles. The molecule has 2 saturated heterocycles. The van der Waals surface area contributed by atoms with E-state index in [0.717, 1.165) is 96.8 Å². The number of rotatable bonds is 5. The number of halogens is 4. The van der Waals surface area contributed by atoms with E-state index >= 15 is 4.39 Å². The van der Waals surface area contributed by atoms with Crippen molar-refractivity contribution in [1.82, 2.24) is 49.0 Å². The van der Waals surface area contributed by atoms with Gasteiger partial charge in [-0.1, -0.05) is 0 Å². The Kier molecular flexibility index (Phi) is 18.7. The molecule has 0 unspecified atom stereocenters.